The van der Waals surface area contributed by atoms with Gasteiger partial charge in [-0.05, 0) is 49.3 Å². The van der Waals surface area contributed by atoms with Gasteiger partial charge >= 0.3 is 5.97 Å². The second-order valence-corrected chi connectivity index (χ2v) is 6.11. The Balaban J connectivity index is 2.04. The summed E-state index contributed by atoms with van der Waals surface area (Å²) in [4.78, 5) is 12.4. The van der Waals surface area contributed by atoms with Crippen LogP contribution in [0.25, 0.3) is 0 Å². The number of hydrogen-bond acceptors (Lipinski definition) is 2. The summed E-state index contributed by atoms with van der Waals surface area (Å²) in [6.45, 7) is 6.49. The summed E-state index contributed by atoms with van der Waals surface area (Å²) < 4.78 is 5.62. The molecule has 1 atom stereocenters. The Labute approximate surface area is 122 Å². The molecule has 1 saturated carbocycles. The molecule has 1 fully saturated rings. The molecular formula is C18H26O2. The van der Waals surface area contributed by atoms with Gasteiger partial charge < -0.3 is 4.74 Å². The van der Waals surface area contributed by atoms with Crippen molar-refractivity contribution in [1.82, 2.24) is 0 Å². The molecule has 0 amide bonds. The predicted octanol–water partition coefficient (Wildman–Crippen LogP) is 5.08. The number of hydrogen-bond donors (Lipinski definition) is 0. The summed E-state index contributed by atoms with van der Waals surface area (Å²) >= 11 is 0. The summed E-state index contributed by atoms with van der Waals surface area (Å²) in [6.07, 6.45) is 6.27. The second kappa shape index (κ2) is 6.43. The summed E-state index contributed by atoms with van der Waals surface area (Å²) in [6, 6.07) is 8.00. The van der Waals surface area contributed by atoms with Crippen LogP contribution in [0.15, 0.2) is 24.3 Å². The van der Waals surface area contributed by atoms with Crippen molar-refractivity contribution in [3.05, 3.63) is 29.8 Å². The van der Waals surface area contributed by atoms with Gasteiger partial charge in [0.2, 0.25) is 0 Å². The molecule has 2 nitrogen and oxygen atoms in total. The van der Waals surface area contributed by atoms with Crippen LogP contribution in [-0.4, -0.2) is 5.97 Å². The Morgan fingerprint density at radius 2 is 1.80 bits per heavy atom. The number of rotatable bonds is 5. The number of carbonyl (C=O) groups is 1. The molecule has 110 valence electrons. The first-order valence-electron chi connectivity index (χ1n) is 7.93. The van der Waals surface area contributed by atoms with Crippen molar-refractivity contribution >= 4 is 5.97 Å². The zero-order valence-corrected chi connectivity index (χ0v) is 12.9. The number of ether oxygens (including phenoxy) is 1. The fourth-order valence-electron chi connectivity index (χ4n) is 3.07. The topological polar surface area (TPSA) is 26.3 Å². The predicted molar refractivity (Wildman–Crippen MR) is 82.0 cm³/mol. The molecule has 1 aliphatic rings. The highest BCUT2D eigenvalue weighted by molar-refractivity contribution is 5.79. The van der Waals surface area contributed by atoms with Gasteiger partial charge in [-0.3, -0.25) is 4.79 Å². The molecule has 0 heterocycles. The zero-order valence-electron chi connectivity index (χ0n) is 12.9. The van der Waals surface area contributed by atoms with Gasteiger partial charge in [0.1, 0.15) is 5.75 Å². The van der Waals surface area contributed by atoms with Gasteiger partial charge in [0.25, 0.3) is 0 Å². The number of benzene rings is 1. The quantitative estimate of drug-likeness (QED) is 0.553. The van der Waals surface area contributed by atoms with Crippen LogP contribution in [0.3, 0.4) is 0 Å². The Bertz CT molecular complexity index is 441. The Kier molecular flexibility index (Phi) is 4.85. The highest BCUT2D eigenvalue weighted by atomic mass is 16.5. The zero-order chi connectivity index (χ0) is 14.6. The summed E-state index contributed by atoms with van der Waals surface area (Å²) in [5.74, 6) is 1.20. The molecule has 20 heavy (non-hydrogen) atoms. The van der Waals surface area contributed by atoms with E-state index in [-0.39, 0.29) is 11.4 Å². The molecule has 0 aromatic heterocycles. The molecular weight excluding hydrogens is 248 g/mol. The molecule has 2 heteroatoms. The van der Waals surface area contributed by atoms with Crippen molar-refractivity contribution in [3.8, 4) is 5.75 Å². The fraction of sp³-hybridized carbons (Fsp3) is 0.611. The second-order valence-electron chi connectivity index (χ2n) is 6.11. The van der Waals surface area contributed by atoms with E-state index in [1.165, 1.54) is 5.56 Å². The first-order chi connectivity index (χ1) is 9.61. The SMILES string of the molecule is CCC(C)c1ccc(OC(=O)C2(CC)CCCC2)cc1. The van der Waals surface area contributed by atoms with Gasteiger partial charge in [-0.2, -0.15) is 0 Å². The lowest BCUT2D eigenvalue weighted by atomic mass is 9.83. The molecule has 0 spiro atoms. The minimum atomic E-state index is -0.227. The van der Waals surface area contributed by atoms with Crippen LogP contribution in [0.4, 0.5) is 0 Å². The first-order valence-corrected chi connectivity index (χ1v) is 7.93. The van der Waals surface area contributed by atoms with E-state index in [0.29, 0.717) is 11.7 Å². The maximum absolute atomic E-state index is 12.4. The summed E-state index contributed by atoms with van der Waals surface area (Å²) in [5, 5.41) is 0. The maximum atomic E-state index is 12.4. The normalized spacial score (nSPS) is 18.8. The van der Waals surface area contributed by atoms with Gasteiger partial charge in [0.05, 0.1) is 5.41 Å². The smallest absolute Gasteiger partial charge is 0.317 e. The lowest BCUT2D eigenvalue weighted by Gasteiger charge is -2.24. The average Bonchev–Trinajstić information content (AvgIpc) is 2.97. The van der Waals surface area contributed by atoms with Crippen LogP contribution in [0, 0.1) is 5.41 Å². The van der Waals surface area contributed by atoms with Gasteiger partial charge in [-0.15, -0.1) is 0 Å². The molecule has 1 aromatic carbocycles. The van der Waals surface area contributed by atoms with E-state index in [2.05, 4.69) is 32.9 Å². The highest BCUT2D eigenvalue weighted by Crippen LogP contribution is 2.42. The van der Waals surface area contributed by atoms with Gasteiger partial charge in [0, 0.05) is 0 Å². The molecule has 0 aliphatic heterocycles. The summed E-state index contributed by atoms with van der Waals surface area (Å²) in [7, 11) is 0. The van der Waals surface area contributed by atoms with Crippen LogP contribution < -0.4 is 4.74 Å². The third kappa shape index (κ3) is 3.05. The molecule has 0 saturated heterocycles. The van der Waals surface area contributed by atoms with E-state index in [1.54, 1.807) is 0 Å². The first kappa shape index (κ1) is 15.1. The highest BCUT2D eigenvalue weighted by Gasteiger charge is 2.41. The van der Waals surface area contributed by atoms with Crippen LogP contribution in [0.2, 0.25) is 0 Å². The monoisotopic (exact) mass is 274 g/mol. The number of carbonyl (C=O) groups excluding carboxylic acids is 1. The van der Waals surface area contributed by atoms with E-state index in [9.17, 15) is 4.79 Å². The Morgan fingerprint density at radius 1 is 1.20 bits per heavy atom. The largest absolute Gasteiger partial charge is 0.426 e. The number of esters is 1. The molecule has 1 aliphatic carbocycles. The van der Waals surface area contributed by atoms with Crippen LogP contribution in [0.1, 0.15) is 70.8 Å². The van der Waals surface area contributed by atoms with Gasteiger partial charge in [0.15, 0.2) is 0 Å². The van der Waals surface area contributed by atoms with Crippen molar-refractivity contribution in [2.75, 3.05) is 0 Å². The van der Waals surface area contributed by atoms with E-state index in [4.69, 9.17) is 4.74 Å². The van der Waals surface area contributed by atoms with Gasteiger partial charge in [-0.25, -0.2) is 0 Å². The van der Waals surface area contributed by atoms with Crippen LogP contribution >= 0.6 is 0 Å². The molecule has 0 radical (unpaired) electrons. The average molecular weight is 274 g/mol. The Morgan fingerprint density at radius 3 is 2.30 bits per heavy atom. The van der Waals surface area contributed by atoms with Crippen molar-refractivity contribution in [2.45, 2.75) is 65.2 Å². The van der Waals surface area contributed by atoms with Crippen molar-refractivity contribution in [3.63, 3.8) is 0 Å². The molecule has 1 unspecified atom stereocenters. The van der Waals surface area contributed by atoms with Crippen molar-refractivity contribution in [1.29, 1.82) is 0 Å². The van der Waals surface area contributed by atoms with E-state index < -0.39 is 0 Å². The lowest BCUT2D eigenvalue weighted by molar-refractivity contribution is -0.145. The summed E-state index contributed by atoms with van der Waals surface area (Å²) in [5.41, 5.74) is 1.08. The lowest BCUT2D eigenvalue weighted by Crippen LogP contribution is -2.31. The third-order valence-corrected chi connectivity index (χ3v) is 4.94. The molecule has 0 N–H and O–H groups in total. The van der Waals surface area contributed by atoms with Gasteiger partial charge in [-0.1, -0.05) is 45.7 Å². The van der Waals surface area contributed by atoms with Crippen molar-refractivity contribution < 1.29 is 9.53 Å². The van der Waals surface area contributed by atoms with E-state index in [0.717, 1.165) is 38.5 Å². The Hall–Kier alpha value is -1.31. The molecule has 1 aromatic rings. The third-order valence-electron chi connectivity index (χ3n) is 4.94. The van der Waals surface area contributed by atoms with Crippen LogP contribution in [0.5, 0.6) is 5.75 Å². The molecule has 0 bridgehead atoms. The van der Waals surface area contributed by atoms with E-state index in [1.807, 2.05) is 12.1 Å². The minimum Gasteiger partial charge on any atom is -0.426 e. The standard InChI is InChI=1S/C18H26O2/c1-4-14(3)15-8-10-16(11-9-15)20-17(19)18(5-2)12-6-7-13-18/h8-11,14H,4-7,12-13H2,1-3H3. The van der Waals surface area contributed by atoms with E-state index >= 15 is 0 Å². The van der Waals surface area contributed by atoms with Crippen LogP contribution in [-0.2, 0) is 4.79 Å². The fourth-order valence-corrected chi connectivity index (χ4v) is 3.07. The minimum absolute atomic E-state index is 0.0335. The molecule has 2 rings (SSSR count). The van der Waals surface area contributed by atoms with Crippen molar-refractivity contribution in [2.24, 2.45) is 5.41 Å². The maximum Gasteiger partial charge on any atom is 0.317 e.